The molecule has 0 saturated heterocycles. The van der Waals surface area contributed by atoms with Gasteiger partial charge in [0.1, 0.15) is 11.5 Å². The molecule has 4 heteroatoms. The van der Waals surface area contributed by atoms with Crippen molar-refractivity contribution in [3.63, 3.8) is 0 Å². The fraction of sp³-hybridized carbons (Fsp3) is 0.182. The third-order valence-corrected chi connectivity index (χ3v) is 2.31. The number of aliphatic hydroxyl groups is 1. The Morgan fingerprint density at radius 3 is 2.67 bits per heavy atom. The van der Waals surface area contributed by atoms with Crippen molar-refractivity contribution in [1.82, 2.24) is 5.16 Å². The molecule has 15 heavy (non-hydrogen) atoms. The molecule has 0 unspecified atom stereocenters. The second-order valence-electron chi connectivity index (χ2n) is 3.16. The van der Waals surface area contributed by atoms with Crippen molar-refractivity contribution in [1.29, 1.82) is 0 Å². The molecule has 0 fully saturated rings. The Kier molecular flexibility index (Phi) is 3.04. The largest absolute Gasteiger partial charge is 0.396 e. The highest BCUT2D eigenvalue weighted by atomic mass is 35.5. The Morgan fingerprint density at radius 2 is 2.00 bits per heavy atom. The van der Waals surface area contributed by atoms with Crippen molar-refractivity contribution in [3.05, 3.63) is 41.1 Å². The summed E-state index contributed by atoms with van der Waals surface area (Å²) < 4.78 is 5.05. The summed E-state index contributed by atoms with van der Waals surface area (Å²) in [5, 5.41) is 13.3. The highest BCUT2D eigenvalue weighted by molar-refractivity contribution is 6.30. The van der Waals surface area contributed by atoms with Gasteiger partial charge in [0.25, 0.3) is 0 Å². The summed E-state index contributed by atoms with van der Waals surface area (Å²) in [4.78, 5) is 0. The maximum atomic E-state index is 8.73. The molecule has 0 aliphatic heterocycles. The zero-order valence-electron chi connectivity index (χ0n) is 7.98. The predicted octanol–water partition coefficient (Wildman–Crippen LogP) is 2.53. The van der Waals surface area contributed by atoms with Gasteiger partial charge < -0.3 is 9.63 Å². The van der Waals surface area contributed by atoms with Crippen LogP contribution in [-0.4, -0.2) is 16.9 Å². The molecular formula is C11H10ClNO2. The van der Waals surface area contributed by atoms with E-state index in [9.17, 15) is 0 Å². The summed E-state index contributed by atoms with van der Waals surface area (Å²) in [6.07, 6.45) is 0.487. The molecule has 2 rings (SSSR count). The fourth-order valence-electron chi connectivity index (χ4n) is 1.30. The predicted molar refractivity (Wildman–Crippen MR) is 57.7 cm³/mol. The van der Waals surface area contributed by atoms with Gasteiger partial charge in [0.05, 0.1) is 6.61 Å². The van der Waals surface area contributed by atoms with Crippen LogP contribution >= 0.6 is 11.6 Å². The van der Waals surface area contributed by atoms with Gasteiger partial charge in [-0.2, -0.15) is 0 Å². The molecule has 1 aromatic carbocycles. The first-order valence-electron chi connectivity index (χ1n) is 4.62. The second-order valence-corrected chi connectivity index (χ2v) is 3.60. The monoisotopic (exact) mass is 223 g/mol. The first kappa shape index (κ1) is 10.2. The number of hydrogen-bond donors (Lipinski definition) is 1. The van der Waals surface area contributed by atoms with E-state index < -0.39 is 0 Å². The van der Waals surface area contributed by atoms with Crippen LogP contribution in [0.5, 0.6) is 0 Å². The van der Waals surface area contributed by atoms with E-state index in [1.807, 2.05) is 18.2 Å². The average Bonchev–Trinajstić information content (AvgIpc) is 2.68. The SMILES string of the molecule is OCCc1cc(-c2ccc(Cl)cc2)no1. The third kappa shape index (κ3) is 2.37. The standard InChI is InChI=1S/C11H10ClNO2/c12-9-3-1-8(2-4-9)11-7-10(5-6-14)15-13-11/h1-4,7,14H,5-6H2. The Balaban J connectivity index is 2.25. The molecule has 1 N–H and O–H groups in total. The van der Waals surface area contributed by atoms with Gasteiger partial charge in [0.15, 0.2) is 0 Å². The summed E-state index contributed by atoms with van der Waals surface area (Å²) in [6, 6.07) is 9.18. The number of nitrogens with zero attached hydrogens (tertiary/aromatic N) is 1. The summed E-state index contributed by atoms with van der Waals surface area (Å²) in [5.41, 5.74) is 1.71. The second kappa shape index (κ2) is 4.47. The molecule has 2 aromatic rings. The maximum Gasteiger partial charge on any atom is 0.139 e. The van der Waals surface area contributed by atoms with Gasteiger partial charge in [-0.1, -0.05) is 28.9 Å². The topological polar surface area (TPSA) is 46.3 Å². The lowest BCUT2D eigenvalue weighted by atomic mass is 10.1. The molecule has 0 aliphatic rings. The summed E-state index contributed by atoms with van der Waals surface area (Å²) in [6.45, 7) is 0.0647. The van der Waals surface area contributed by atoms with Gasteiger partial charge >= 0.3 is 0 Å². The van der Waals surface area contributed by atoms with Crippen LogP contribution in [0.1, 0.15) is 5.76 Å². The van der Waals surface area contributed by atoms with Crippen LogP contribution in [0.4, 0.5) is 0 Å². The van der Waals surface area contributed by atoms with Gasteiger partial charge in [0.2, 0.25) is 0 Å². The third-order valence-electron chi connectivity index (χ3n) is 2.06. The molecule has 0 saturated carbocycles. The maximum absolute atomic E-state index is 8.73. The number of halogens is 1. The Bertz CT molecular complexity index is 436. The zero-order valence-corrected chi connectivity index (χ0v) is 8.74. The van der Waals surface area contributed by atoms with Gasteiger partial charge in [0, 0.05) is 23.1 Å². The minimum absolute atomic E-state index is 0.0647. The quantitative estimate of drug-likeness (QED) is 0.870. The lowest BCUT2D eigenvalue weighted by molar-refractivity contribution is 0.277. The zero-order chi connectivity index (χ0) is 10.7. The summed E-state index contributed by atoms with van der Waals surface area (Å²) >= 11 is 5.78. The molecule has 78 valence electrons. The number of rotatable bonds is 3. The molecule has 0 spiro atoms. The van der Waals surface area contributed by atoms with E-state index in [1.165, 1.54) is 0 Å². The van der Waals surface area contributed by atoms with Gasteiger partial charge in [-0.25, -0.2) is 0 Å². The first-order valence-corrected chi connectivity index (χ1v) is 5.00. The molecule has 1 heterocycles. The van der Waals surface area contributed by atoms with E-state index in [4.69, 9.17) is 21.2 Å². The number of benzene rings is 1. The fourth-order valence-corrected chi connectivity index (χ4v) is 1.42. The molecule has 0 bridgehead atoms. The van der Waals surface area contributed by atoms with Crippen molar-refractivity contribution in [2.75, 3.05) is 6.61 Å². The first-order chi connectivity index (χ1) is 7.29. The van der Waals surface area contributed by atoms with Crippen LogP contribution in [0.15, 0.2) is 34.9 Å². The molecule has 0 radical (unpaired) electrons. The normalized spacial score (nSPS) is 10.5. The number of aliphatic hydroxyl groups excluding tert-OH is 1. The van der Waals surface area contributed by atoms with E-state index in [0.29, 0.717) is 17.2 Å². The van der Waals surface area contributed by atoms with Crippen molar-refractivity contribution >= 4 is 11.6 Å². The Hall–Kier alpha value is -1.32. The van der Waals surface area contributed by atoms with E-state index in [0.717, 1.165) is 11.3 Å². The molecular weight excluding hydrogens is 214 g/mol. The lowest BCUT2D eigenvalue weighted by Gasteiger charge is -1.93. The lowest BCUT2D eigenvalue weighted by Crippen LogP contribution is -1.86. The van der Waals surface area contributed by atoms with Gasteiger partial charge in [-0.05, 0) is 12.1 Å². The molecule has 3 nitrogen and oxygen atoms in total. The Morgan fingerprint density at radius 1 is 1.27 bits per heavy atom. The smallest absolute Gasteiger partial charge is 0.139 e. The van der Waals surface area contributed by atoms with Crippen LogP contribution < -0.4 is 0 Å². The van der Waals surface area contributed by atoms with Crippen molar-refractivity contribution in [2.45, 2.75) is 6.42 Å². The Labute approximate surface area is 92.3 Å². The van der Waals surface area contributed by atoms with E-state index in [1.54, 1.807) is 12.1 Å². The minimum atomic E-state index is 0.0647. The summed E-state index contributed by atoms with van der Waals surface area (Å²) in [7, 11) is 0. The van der Waals surface area contributed by atoms with Gasteiger partial charge in [-0.3, -0.25) is 0 Å². The molecule has 0 aliphatic carbocycles. The van der Waals surface area contributed by atoms with Crippen LogP contribution in [0.25, 0.3) is 11.3 Å². The van der Waals surface area contributed by atoms with Crippen molar-refractivity contribution < 1.29 is 9.63 Å². The minimum Gasteiger partial charge on any atom is -0.396 e. The molecule has 0 amide bonds. The highest BCUT2D eigenvalue weighted by Gasteiger charge is 2.05. The van der Waals surface area contributed by atoms with Crippen LogP contribution in [-0.2, 0) is 6.42 Å². The average molecular weight is 224 g/mol. The number of hydrogen-bond acceptors (Lipinski definition) is 3. The molecule has 1 aromatic heterocycles. The van der Waals surface area contributed by atoms with Crippen molar-refractivity contribution in [3.8, 4) is 11.3 Å². The van der Waals surface area contributed by atoms with Gasteiger partial charge in [-0.15, -0.1) is 0 Å². The van der Waals surface area contributed by atoms with Crippen LogP contribution in [0, 0.1) is 0 Å². The van der Waals surface area contributed by atoms with E-state index in [-0.39, 0.29) is 6.61 Å². The summed E-state index contributed by atoms with van der Waals surface area (Å²) in [5.74, 6) is 0.683. The van der Waals surface area contributed by atoms with Crippen molar-refractivity contribution in [2.24, 2.45) is 0 Å². The van der Waals surface area contributed by atoms with E-state index in [2.05, 4.69) is 5.16 Å². The van der Waals surface area contributed by atoms with E-state index >= 15 is 0 Å². The van der Waals surface area contributed by atoms with Crippen LogP contribution in [0.3, 0.4) is 0 Å². The van der Waals surface area contributed by atoms with Crippen LogP contribution in [0.2, 0.25) is 5.02 Å². The molecule has 0 atom stereocenters. The highest BCUT2D eigenvalue weighted by Crippen LogP contribution is 2.21. The number of aromatic nitrogens is 1.